The van der Waals surface area contributed by atoms with Crippen LogP contribution in [0.4, 0.5) is 0 Å². The van der Waals surface area contributed by atoms with Crippen molar-refractivity contribution in [1.82, 2.24) is 9.78 Å². The highest BCUT2D eigenvalue weighted by Crippen LogP contribution is 2.16. The number of nitrogens with one attached hydrogen (secondary N) is 1. The highest BCUT2D eigenvalue weighted by Gasteiger charge is 2.06. The standard InChI is InChI=1S/C11H10N2O3/c1-13-10(14)6-9(12-13)7-3-2-4-8(5-7)11(15)16/h2-6,12H,1H3,(H,15,16). The van der Waals surface area contributed by atoms with Gasteiger partial charge in [0.2, 0.25) is 0 Å². The van der Waals surface area contributed by atoms with E-state index in [0.717, 1.165) is 0 Å². The van der Waals surface area contributed by atoms with Crippen LogP contribution in [0.1, 0.15) is 10.4 Å². The van der Waals surface area contributed by atoms with Crippen LogP contribution < -0.4 is 5.56 Å². The number of benzene rings is 1. The Balaban J connectivity index is 2.52. The van der Waals surface area contributed by atoms with Crippen molar-refractivity contribution in [2.75, 3.05) is 0 Å². The maximum atomic E-state index is 11.2. The van der Waals surface area contributed by atoms with Crippen molar-refractivity contribution in [1.29, 1.82) is 0 Å². The lowest BCUT2D eigenvalue weighted by atomic mass is 10.1. The van der Waals surface area contributed by atoms with Crippen molar-refractivity contribution >= 4 is 5.97 Å². The van der Waals surface area contributed by atoms with E-state index in [1.54, 1.807) is 19.2 Å². The largest absolute Gasteiger partial charge is 0.478 e. The summed E-state index contributed by atoms with van der Waals surface area (Å²) in [6.45, 7) is 0. The fourth-order valence-corrected chi connectivity index (χ4v) is 1.46. The molecule has 0 saturated heterocycles. The molecule has 2 aromatic rings. The molecule has 5 nitrogen and oxygen atoms in total. The topological polar surface area (TPSA) is 75.1 Å². The molecule has 2 rings (SSSR count). The Hall–Kier alpha value is -2.30. The number of carboxylic acids is 1. The number of hydrogen-bond acceptors (Lipinski definition) is 2. The van der Waals surface area contributed by atoms with Crippen LogP contribution in [0.3, 0.4) is 0 Å². The first-order valence-corrected chi connectivity index (χ1v) is 4.67. The van der Waals surface area contributed by atoms with Gasteiger partial charge in [-0.2, -0.15) is 0 Å². The van der Waals surface area contributed by atoms with Crippen molar-refractivity contribution in [3.05, 3.63) is 46.2 Å². The highest BCUT2D eigenvalue weighted by molar-refractivity contribution is 5.89. The van der Waals surface area contributed by atoms with Gasteiger partial charge in [0.15, 0.2) is 0 Å². The van der Waals surface area contributed by atoms with Gasteiger partial charge in [-0.05, 0) is 12.1 Å². The van der Waals surface area contributed by atoms with Crippen LogP contribution in [0.2, 0.25) is 0 Å². The van der Waals surface area contributed by atoms with E-state index in [0.29, 0.717) is 11.3 Å². The van der Waals surface area contributed by atoms with Gasteiger partial charge in [0.05, 0.1) is 11.3 Å². The lowest BCUT2D eigenvalue weighted by Crippen LogP contribution is -2.09. The number of hydrogen-bond donors (Lipinski definition) is 2. The molecular weight excluding hydrogens is 208 g/mol. The fraction of sp³-hybridized carbons (Fsp3) is 0.0909. The van der Waals surface area contributed by atoms with Crippen molar-refractivity contribution in [3.8, 4) is 11.3 Å². The van der Waals surface area contributed by atoms with E-state index in [1.807, 2.05) is 0 Å². The first kappa shape index (κ1) is 10.2. The molecule has 82 valence electrons. The SMILES string of the molecule is Cn1[nH]c(-c2cccc(C(=O)O)c2)cc1=O. The molecule has 0 fully saturated rings. The number of aromatic amines is 1. The number of carbonyl (C=O) groups is 1. The lowest BCUT2D eigenvalue weighted by Gasteiger charge is -1.99. The molecule has 1 aromatic heterocycles. The van der Waals surface area contributed by atoms with Crippen LogP contribution in [0.25, 0.3) is 11.3 Å². The molecule has 0 atom stereocenters. The van der Waals surface area contributed by atoms with Crippen LogP contribution in [0.5, 0.6) is 0 Å². The molecule has 1 aromatic carbocycles. The molecule has 0 aliphatic rings. The number of aryl methyl sites for hydroxylation is 1. The second-order valence-corrected chi connectivity index (χ2v) is 3.45. The van der Waals surface area contributed by atoms with Gasteiger partial charge < -0.3 is 5.11 Å². The summed E-state index contributed by atoms with van der Waals surface area (Å²) in [4.78, 5) is 22.0. The Morgan fingerprint density at radius 1 is 1.38 bits per heavy atom. The number of aromatic nitrogens is 2. The minimum atomic E-state index is -0.986. The second-order valence-electron chi connectivity index (χ2n) is 3.45. The molecule has 0 bridgehead atoms. The zero-order chi connectivity index (χ0) is 11.7. The summed E-state index contributed by atoms with van der Waals surface area (Å²) in [6, 6.07) is 7.85. The average molecular weight is 218 g/mol. The number of nitrogens with zero attached hydrogens (tertiary/aromatic N) is 1. The first-order chi connectivity index (χ1) is 7.58. The quantitative estimate of drug-likeness (QED) is 0.791. The van der Waals surface area contributed by atoms with Gasteiger partial charge in [-0.25, -0.2) is 4.79 Å². The monoisotopic (exact) mass is 218 g/mol. The smallest absolute Gasteiger partial charge is 0.335 e. The van der Waals surface area contributed by atoms with Crippen molar-refractivity contribution in [3.63, 3.8) is 0 Å². The normalized spacial score (nSPS) is 10.3. The van der Waals surface area contributed by atoms with Gasteiger partial charge >= 0.3 is 5.97 Å². The maximum absolute atomic E-state index is 11.2. The summed E-state index contributed by atoms with van der Waals surface area (Å²) in [5, 5.41) is 11.7. The van der Waals surface area contributed by atoms with Crippen LogP contribution in [0, 0.1) is 0 Å². The van der Waals surface area contributed by atoms with Gasteiger partial charge in [-0.15, -0.1) is 0 Å². The Kier molecular flexibility index (Phi) is 2.36. The molecular formula is C11H10N2O3. The summed E-state index contributed by atoms with van der Waals surface area (Å²) in [5.41, 5.74) is 1.33. The second kappa shape index (κ2) is 3.69. The minimum Gasteiger partial charge on any atom is -0.478 e. The summed E-state index contributed by atoms with van der Waals surface area (Å²) in [5.74, 6) is -0.986. The van der Waals surface area contributed by atoms with Crippen LogP contribution in [-0.4, -0.2) is 20.9 Å². The van der Waals surface area contributed by atoms with E-state index < -0.39 is 5.97 Å². The van der Waals surface area contributed by atoms with Crippen LogP contribution in [0.15, 0.2) is 35.1 Å². The van der Waals surface area contributed by atoms with Crippen molar-refractivity contribution in [2.24, 2.45) is 7.05 Å². The van der Waals surface area contributed by atoms with Gasteiger partial charge in [0.1, 0.15) is 0 Å². The van der Waals surface area contributed by atoms with E-state index >= 15 is 0 Å². The molecule has 2 N–H and O–H groups in total. The Morgan fingerprint density at radius 3 is 2.69 bits per heavy atom. The fourth-order valence-electron chi connectivity index (χ4n) is 1.46. The van der Waals surface area contributed by atoms with E-state index in [9.17, 15) is 9.59 Å². The molecule has 1 heterocycles. The van der Waals surface area contributed by atoms with E-state index in [-0.39, 0.29) is 11.1 Å². The predicted octanol–water partition coefficient (Wildman–Crippen LogP) is 1.08. The highest BCUT2D eigenvalue weighted by atomic mass is 16.4. The van der Waals surface area contributed by atoms with Crippen LogP contribution >= 0.6 is 0 Å². The number of aromatic carboxylic acids is 1. The van der Waals surface area contributed by atoms with E-state index in [2.05, 4.69) is 5.10 Å². The molecule has 5 heteroatoms. The molecule has 0 radical (unpaired) electrons. The van der Waals surface area contributed by atoms with E-state index in [4.69, 9.17) is 5.11 Å². The van der Waals surface area contributed by atoms with Gasteiger partial charge in [0, 0.05) is 18.7 Å². The molecule has 0 aliphatic carbocycles. The Bertz CT molecular complexity index is 595. The third-order valence-corrected chi connectivity index (χ3v) is 2.31. The van der Waals surface area contributed by atoms with Gasteiger partial charge in [-0.3, -0.25) is 14.6 Å². The third-order valence-electron chi connectivity index (χ3n) is 2.31. The van der Waals surface area contributed by atoms with Crippen molar-refractivity contribution < 1.29 is 9.90 Å². The first-order valence-electron chi connectivity index (χ1n) is 4.67. The van der Waals surface area contributed by atoms with E-state index in [1.165, 1.54) is 22.9 Å². The molecule has 16 heavy (non-hydrogen) atoms. The molecule has 0 amide bonds. The molecule has 0 saturated carbocycles. The Morgan fingerprint density at radius 2 is 2.12 bits per heavy atom. The number of carboxylic acid groups (broad SMARTS) is 1. The summed E-state index contributed by atoms with van der Waals surface area (Å²) >= 11 is 0. The zero-order valence-electron chi connectivity index (χ0n) is 8.60. The van der Waals surface area contributed by atoms with Gasteiger partial charge in [0.25, 0.3) is 5.56 Å². The minimum absolute atomic E-state index is 0.157. The molecule has 0 spiro atoms. The lowest BCUT2D eigenvalue weighted by molar-refractivity contribution is 0.0697. The van der Waals surface area contributed by atoms with Gasteiger partial charge in [-0.1, -0.05) is 12.1 Å². The summed E-state index contributed by atoms with van der Waals surface area (Å²) in [6.07, 6.45) is 0. The summed E-state index contributed by atoms with van der Waals surface area (Å²) in [7, 11) is 1.60. The third kappa shape index (κ3) is 1.75. The van der Waals surface area contributed by atoms with Crippen LogP contribution in [-0.2, 0) is 7.05 Å². The Labute approximate surface area is 90.9 Å². The number of H-pyrrole nitrogens is 1. The molecule has 0 unspecified atom stereocenters. The zero-order valence-corrected chi connectivity index (χ0v) is 8.60. The van der Waals surface area contributed by atoms with Crippen molar-refractivity contribution in [2.45, 2.75) is 0 Å². The molecule has 0 aliphatic heterocycles. The number of rotatable bonds is 2. The maximum Gasteiger partial charge on any atom is 0.335 e. The summed E-state index contributed by atoms with van der Waals surface area (Å²) < 4.78 is 1.34. The predicted molar refractivity (Wildman–Crippen MR) is 58.4 cm³/mol. The average Bonchev–Trinajstić information content (AvgIpc) is 2.59.